The minimum atomic E-state index is 0. The van der Waals surface area contributed by atoms with Crippen LogP contribution in [0, 0.1) is 5.92 Å². The molecular weight excluding hydrogens is 389 g/mol. The van der Waals surface area contributed by atoms with Gasteiger partial charge in [-0.15, -0.1) is 24.0 Å². The lowest BCUT2D eigenvalue weighted by Gasteiger charge is -2.13. The fourth-order valence-corrected chi connectivity index (χ4v) is 3.04. The fraction of sp³-hybridized carbons (Fsp3) is 0.750. The lowest BCUT2D eigenvalue weighted by Crippen LogP contribution is -2.38. The van der Waals surface area contributed by atoms with Crippen molar-refractivity contribution in [2.45, 2.75) is 44.9 Å². The average molecular weight is 419 g/mol. The second kappa shape index (κ2) is 10.9. The van der Waals surface area contributed by atoms with Gasteiger partial charge in [0.2, 0.25) is 0 Å². The first-order valence-electron chi connectivity index (χ1n) is 8.20. The van der Waals surface area contributed by atoms with Crippen molar-refractivity contribution in [3.63, 3.8) is 0 Å². The van der Waals surface area contributed by atoms with Gasteiger partial charge in [-0.25, -0.2) is 0 Å². The molecule has 0 spiro atoms. The highest BCUT2D eigenvalue weighted by atomic mass is 127. The van der Waals surface area contributed by atoms with Crippen molar-refractivity contribution in [2.75, 3.05) is 20.1 Å². The van der Waals surface area contributed by atoms with Crippen LogP contribution in [-0.2, 0) is 13.5 Å². The van der Waals surface area contributed by atoms with E-state index in [1.54, 1.807) is 0 Å². The van der Waals surface area contributed by atoms with Crippen LogP contribution in [0.2, 0.25) is 0 Å². The standard InChI is InChI=1S/C16H29N5.HI/c1-17-16(18-10-5-8-14-6-3-4-7-14)19-11-9-15-12-20-21(2)13-15;/h12-14H,3-11H2,1-2H3,(H2,17,18,19);1H. The number of guanidine groups is 1. The molecule has 0 saturated heterocycles. The molecule has 0 aromatic carbocycles. The number of hydrogen-bond donors (Lipinski definition) is 2. The molecule has 0 radical (unpaired) electrons. The molecule has 0 amide bonds. The summed E-state index contributed by atoms with van der Waals surface area (Å²) in [7, 11) is 3.78. The highest BCUT2D eigenvalue weighted by molar-refractivity contribution is 14.0. The number of nitrogens with one attached hydrogen (secondary N) is 2. The van der Waals surface area contributed by atoms with E-state index in [0.717, 1.165) is 31.4 Å². The average Bonchev–Trinajstić information content (AvgIpc) is 3.13. The minimum absolute atomic E-state index is 0. The van der Waals surface area contributed by atoms with E-state index in [-0.39, 0.29) is 24.0 Å². The predicted molar refractivity (Wildman–Crippen MR) is 103 cm³/mol. The molecule has 126 valence electrons. The Balaban J connectivity index is 0.00000242. The molecular formula is C16H30IN5. The summed E-state index contributed by atoms with van der Waals surface area (Å²) in [5.41, 5.74) is 1.25. The third kappa shape index (κ3) is 6.98. The number of nitrogens with zero attached hydrogens (tertiary/aromatic N) is 3. The van der Waals surface area contributed by atoms with E-state index in [2.05, 4.69) is 26.9 Å². The van der Waals surface area contributed by atoms with Gasteiger partial charge in [-0.3, -0.25) is 9.67 Å². The van der Waals surface area contributed by atoms with Gasteiger partial charge in [0, 0.05) is 33.4 Å². The van der Waals surface area contributed by atoms with Crippen LogP contribution in [0.3, 0.4) is 0 Å². The molecule has 5 nitrogen and oxygen atoms in total. The Labute approximate surface area is 151 Å². The van der Waals surface area contributed by atoms with E-state index in [1.807, 2.05) is 25.0 Å². The van der Waals surface area contributed by atoms with Crippen molar-refractivity contribution in [3.05, 3.63) is 18.0 Å². The highest BCUT2D eigenvalue weighted by Gasteiger charge is 2.13. The molecule has 0 bridgehead atoms. The number of halogens is 1. The lowest BCUT2D eigenvalue weighted by atomic mass is 10.0. The molecule has 1 saturated carbocycles. The zero-order valence-corrected chi connectivity index (χ0v) is 16.2. The van der Waals surface area contributed by atoms with Gasteiger partial charge in [-0.2, -0.15) is 5.10 Å². The Morgan fingerprint density at radius 2 is 2.05 bits per heavy atom. The quantitative estimate of drug-likeness (QED) is 0.309. The van der Waals surface area contributed by atoms with Crippen molar-refractivity contribution < 1.29 is 0 Å². The third-order valence-electron chi connectivity index (χ3n) is 4.24. The number of aryl methyl sites for hydroxylation is 1. The van der Waals surface area contributed by atoms with Crippen molar-refractivity contribution in [1.29, 1.82) is 0 Å². The van der Waals surface area contributed by atoms with Crippen LogP contribution in [0.25, 0.3) is 0 Å². The summed E-state index contributed by atoms with van der Waals surface area (Å²) in [6.07, 6.45) is 13.3. The van der Waals surface area contributed by atoms with Crippen molar-refractivity contribution in [3.8, 4) is 0 Å². The molecule has 1 aromatic heterocycles. The maximum atomic E-state index is 4.27. The molecule has 1 aliphatic carbocycles. The Kier molecular flexibility index (Phi) is 9.50. The van der Waals surface area contributed by atoms with E-state index in [9.17, 15) is 0 Å². The van der Waals surface area contributed by atoms with E-state index < -0.39 is 0 Å². The largest absolute Gasteiger partial charge is 0.356 e. The summed E-state index contributed by atoms with van der Waals surface area (Å²) in [4.78, 5) is 4.27. The molecule has 0 atom stereocenters. The van der Waals surface area contributed by atoms with Crippen LogP contribution < -0.4 is 10.6 Å². The minimum Gasteiger partial charge on any atom is -0.356 e. The van der Waals surface area contributed by atoms with Gasteiger partial charge >= 0.3 is 0 Å². The second-order valence-corrected chi connectivity index (χ2v) is 5.99. The normalized spacial score (nSPS) is 15.6. The molecule has 1 fully saturated rings. The highest BCUT2D eigenvalue weighted by Crippen LogP contribution is 2.28. The molecule has 0 unspecified atom stereocenters. The van der Waals surface area contributed by atoms with E-state index in [0.29, 0.717) is 0 Å². The molecule has 6 heteroatoms. The number of rotatable bonds is 7. The van der Waals surface area contributed by atoms with Crippen LogP contribution in [0.4, 0.5) is 0 Å². The van der Waals surface area contributed by atoms with Gasteiger partial charge in [0.1, 0.15) is 0 Å². The second-order valence-electron chi connectivity index (χ2n) is 5.99. The number of hydrogen-bond acceptors (Lipinski definition) is 2. The first kappa shape index (κ1) is 19.3. The maximum Gasteiger partial charge on any atom is 0.190 e. The van der Waals surface area contributed by atoms with Gasteiger partial charge in [0.25, 0.3) is 0 Å². The molecule has 1 aliphatic rings. The predicted octanol–water partition coefficient (Wildman–Crippen LogP) is 2.72. The van der Waals surface area contributed by atoms with Crippen LogP contribution in [0.5, 0.6) is 0 Å². The SMILES string of the molecule is CN=C(NCCCC1CCCC1)NCCc1cnn(C)c1.I. The van der Waals surface area contributed by atoms with Gasteiger partial charge in [-0.05, 0) is 30.7 Å². The summed E-state index contributed by atoms with van der Waals surface area (Å²) in [6, 6.07) is 0. The molecule has 1 heterocycles. The van der Waals surface area contributed by atoms with Crippen molar-refractivity contribution in [2.24, 2.45) is 18.0 Å². The lowest BCUT2D eigenvalue weighted by molar-refractivity contribution is 0.481. The van der Waals surface area contributed by atoms with Gasteiger partial charge in [-0.1, -0.05) is 25.7 Å². The Hall–Kier alpha value is -0.790. The Bertz CT molecular complexity index is 437. The monoisotopic (exact) mass is 419 g/mol. The molecule has 1 aromatic rings. The van der Waals surface area contributed by atoms with Gasteiger partial charge < -0.3 is 10.6 Å². The maximum absolute atomic E-state index is 4.27. The van der Waals surface area contributed by atoms with Gasteiger partial charge in [0.05, 0.1) is 6.20 Å². The summed E-state index contributed by atoms with van der Waals surface area (Å²) in [5, 5.41) is 10.9. The molecule has 2 rings (SSSR count). The Morgan fingerprint density at radius 1 is 1.32 bits per heavy atom. The van der Waals surface area contributed by atoms with Crippen LogP contribution in [0.15, 0.2) is 17.4 Å². The zero-order valence-electron chi connectivity index (χ0n) is 13.8. The summed E-state index contributed by atoms with van der Waals surface area (Å²) >= 11 is 0. The van der Waals surface area contributed by atoms with E-state index in [4.69, 9.17) is 0 Å². The van der Waals surface area contributed by atoms with Crippen molar-refractivity contribution in [1.82, 2.24) is 20.4 Å². The van der Waals surface area contributed by atoms with Gasteiger partial charge in [0.15, 0.2) is 5.96 Å². The van der Waals surface area contributed by atoms with Crippen LogP contribution in [0.1, 0.15) is 44.1 Å². The smallest absolute Gasteiger partial charge is 0.190 e. The van der Waals surface area contributed by atoms with Crippen LogP contribution in [-0.4, -0.2) is 35.9 Å². The van der Waals surface area contributed by atoms with E-state index in [1.165, 1.54) is 44.1 Å². The molecule has 22 heavy (non-hydrogen) atoms. The van der Waals surface area contributed by atoms with Crippen LogP contribution >= 0.6 is 24.0 Å². The summed E-state index contributed by atoms with van der Waals surface area (Å²) < 4.78 is 1.84. The first-order valence-corrected chi connectivity index (χ1v) is 8.20. The van der Waals surface area contributed by atoms with E-state index >= 15 is 0 Å². The summed E-state index contributed by atoms with van der Waals surface area (Å²) in [6.45, 7) is 1.90. The first-order chi connectivity index (χ1) is 10.3. The molecule has 2 N–H and O–H groups in total. The number of aromatic nitrogens is 2. The molecule has 0 aliphatic heterocycles. The number of aliphatic imine (C=N–C) groups is 1. The topological polar surface area (TPSA) is 54.2 Å². The summed E-state index contributed by atoms with van der Waals surface area (Å²) in [5.74, 6) is 1.89. The zero-order chi connectivity index (χ0) is 14.9. The Morgan fingerprint density at radius 3 is 2.68 bits per heavy atom. The fourth-order valence-electron chi connectivity index (χ4n) is 3.04. The van der Waals surface area contributed by atoms with Crippen molar-refractivity contribution >= 4 is 29.9 Å². The third-order valence-corrected chi connectivity index (χ3v) is 4.24.